The van der Waals surface area contributed by atoms with Crippen molar-refractivity contribution in [1.82, 2.24) is 4.98 Å². The molecule has 0 amide bonds. The number of hydrogen-bond donors (Lipinski definition) is 0. The molecule has 0 spiro atoms. The van der Waals surface area contributed by atoms with Crippen molar-refractivity contribution in [2.24, 2.45) is 5.92 Å². The van der Waals surface area contributed by atoms with Gasteiger partial charge in [0.05, 0.1) is 10.7 Å². The molecule has 25 heavy (non-hydrogen) atoms. The zero-order chi connectivity index (χ0) is 18.1. The third-order valence-corrected chi connectivity index (χ3v) is 4.75. The van der Waals surface area contributed by atoms with Gasteiger partial charge in [0, 0.05) is 41.1 Å². The standard InChI is InChI=1S/C19H12Cl2FNO2/c1-2-3-10-8-16(24)18(19(10)25)17-13(21)6-11(7-14(17)22)15-5-4-12(20)9-23-15/h1,4-7,9-10,18H,3,8H2. The lowest BCUT2D eigenvalue weighted by Gasteiger charge is -2.13. The molecule has 3 rings (SSSR count). The quantitative estimate of drug-likeness (QED) is 0.587. The Morgan fingerprint density at radius 1 is 1.28 bits per heavy atom. The first kappa shape index (κ1) is 17.6. The first-order valence-electron chi connectivity index (χ1n) is 7.53. The van der Waals surface area contributed by atoms with Gasteiger partial charge >= 0.3 is 0 Å². The Kier molecular flexibility index (Phi) is 4.89. The molecular weight excluding hydrogens is 364 g/mol. The summed E-state index contributed by atoms with van der Waals surface area (Å²) in [6, 6.07) is 5.96. The van der Waals surface area contributed by atoms with Gasteiger partial charge in [-0.1, -0.05) is 23.2 Å². The number of ketones is 2. The van der Waals surface area contributed by atoms with Crippen LogP contribution in [0.15, 0.2) is 30.5 Å². The lowest BCUT2D eigenvalue weighted by molar-refractivity contribution is -0.124. The third-order valence-electron chi connectivity index (χ3n) is 4.21. The van der Waals surface area contributed by atoms with E-state index in [2.05, 4.69) is 10.9 Å². The molecule has 0 bridgehead atoms. The molecule has 6 heteroatoms. The highest BCUT2D eigenvalue weighted by Gasteiger charge is 2.43. The Labute approximate surface area is 154 Å². The van der Waals surface area contributed by atoms with E-state index in [9.17, 15) is 14.0 Å². The third kappa shape index (κ3) is 3.30. The molecule has 0 N–H and O–H groups in total. The lowest BCUT2D eigenvalue weighted by atomic mass is 9.92. The monoisotopic (exact) mass is 375 g/mol. The van der Waals surface area contributed by atoms with Crippen LogP contribution < -0.4 is 0 Å². The van der Waals surface area contributed by atoms with Crippen molar-refractivity contribution in [3.63, 3.8) is 0 Å². The number of hydrogen-bond acceptors (Lipinski definition) is 3. The normalized spacial score (nSPS) is 19.9. The molecule has 3 nitrogen and oxygen atoms in total. The van der Waals surface area contributed by atoms with E-state index in [0.29, 0.717) is 16.3 Å². The van der Waals surface area contributed by atoms with E-state index in [4.69, 9.17) is 29.6 Å². The van der Waals surface area contributed by atoms with Gasteiger partial charge in [-0.25, -0.2) is 4.39 Å². The highest BCUT2D eigenvalue weighted by molar-refractivity contribution is 6.33. The predicted octanol–water partition coefficient (Wildman–Crippen LogP) is 4.46. The first-order chi connectivity index (χ1) is 11.9. The Morgan fingerprint density at radius 2 is 2.04 bits per heavy atom. The largest absolute Gasteiger partial charge is 0.298 e. The molecule has 0 aliphatic heterocycles. The molecule has 1 fully saturated rings. The summed E-state index contributed by atoms with van der Waals surface area (Å²) in [5, 5.41) is 0.466. The molecule has 1 aromatic heterocycles. The minimum absolute atomic E-state index is 0.0137. The number of rotatable bonds is 3. The number of terminal acetylenes is 1. The number of benzene rings is 1. The second kappa shape index (κ2) is 6.95. The van der Waals surface area contributed by atoms with Crippen molar-refractivity contribution in [1.29, 1.82) is 0 Å². The van der Waals surface area contributed by atoms with E-state index in [1.54, 1.807) is 12.1 Å². The smallest absolute Gasteiger partial charge is 0.152 e. The van der Waals surface area contributed by atoms with Crippen molar-refractivity contribution in [2.45, 2.75) is 18.8 Å². The van der Waals surface area contributed by atoms with E-state index in [1.807, 2.05) is 0 Å². The molecule has 126 valence electrons. The van der Waals surface area contributed by atoms with Crippen LogP contribution in [0.1, 0.15) is 24.3 Å². The fraction of sp³-hybridized carbons (Fsp3) is 0.211. The summed E-state index contributed by atoms with van der Waals surface area (Å²) in [6.45, 7) is 0. The summed E-state index contributed by atoms with van der Waals surface area (Å²) in [4.78, 5) is 28.8. The van der Waals surface area contributed by atoms with E-state index < -0.39 is 17.7 Å². The fourth-order valence-electron chi connectivity index (χ4n) is 3.03. The Balaban J connectivity index is 2.01. The van der Waals surface area contributed by atoms with Crippen LogP contribution in [0.5, 0.6) is 0 Å². The molecule has 1 heterocycles. The zero-order valence-corrected chi connectivity index (χ0v) is 14.4. The van der Waals surface area contributed by atoms with Gasteiger partial charge < -0.3 is 0 Å². The maximum atomic E-state index is 14.7. The highest BCUT2D eigenvalue weighted by atomic mass is 35.5. The first-order valence-corrected chi connectivity index (χ1v) is 8.28. The molecule has 2 atom stereocenters. The number of nitrogens with zero attached hydrogens (tertiary/aromatic N) is 1. The van der Waals surface area contributed by atoms with E-state index in [-0.39, 0.29) is 35.0 Å². The number of aromatic nitrogens is 1. The average molecular weight is 376 g/mol. The second-order valence-corrected chi connectivity index (χ2v) is 6.67. The molecule has 1 aliphatic rings. The number of Topliss-reactive ketones (excluding diaryl/α,β-unsaturated/α-hetero) is 2. The van der Waals surface area contributed by atoms with Gasteiger partial charge in [0.2, 0.25) is 0 Å². The maximum Gasteiger partial charge on any atom is 0.152 e. The highest BCUT2D eigenvalue weighted by Crippen LogP contribution is 2.39. The van der Waals surface area contributed by atoms with Crippen LogP contribution in [0.2, 0.25) is 10.0 Å². The minimum atomic E-state index is -1.20. The molecule has 0 radical (unpaired) electrons. The Hall–Kier alpha value is -2.22. The molecule has 2 unspecified atom stereocenters. The van der Waals surface area contributed by atoms with Crippen molar-refractivity contribution >= 4 is 34.8 Å². The fourth-order valence-corrected chi connectivity index (χ4v) is 3.46. The summed E-state index contributed by atoms with van der Waals surface area (Å²) in [6.07, 6.45) is 6.84. The Morgan fingerprint density at radius 3 is 2.64 bits per heavy atom. The maximum absolute atomic E-state index is 14.7. The minimum Gasteiger partial charge on any atom is -0.298 e. The topological polar surface area (TPSA) is 47.0 Å². The van der Waals surface area contributed by atoms with Crippen LogP contribution in [-0.4, -0.2) is 16.6 Å². The predicted molar refractivity (Wildman–Crippen MR) is 94.0 cm³/mol. The summed E-state index contributed by atoms with van der Waals surface area (Å²) < 4.78 is 14.7. The second-order valence-electron chi connectivity index (χ2n) is 5.83. The van der Waals surface area contributed by atoms with Crippen LogP contribution in [0.3, 0.4) is 0 Å². The van der Waals surface area contributed by atoms with Crippen molar-refractivity contribution < 1.29 is 14.0 Å². The number of carbonyl (C=O) groups is 2. The number of halogens is 3. The SMILES string of the molecule is C#CCC1CC(=O)C(c2c(F)cc(-c3ccc(Cl)cn3)cc2Cl)C1=O. The summed E-state index contributed by atoms with van der Waals surface area (Å²) >= 11 is 12.0. The molecule has 0 saturated heterocycles. The van der Waals surface area contributed by atoms with Gasteiger partial charge in [0.25, 0.3) is 0 Å². The molecule has 1 aromatic carbocycles. The van der Waals surface area contributed by atoms with Gasteiger partial charge in [0.15, 0.2) is 5.78 Å². The van der Waals surface area contributed by atoms with Crippen molar-refractivity contribution in [2.75, 3.05) is 0 Å². The van der Waals surface area contributed by atoms with Gasteiger partial charge in [-0.05, 0) is 24.3 Å². The number of carbonyl (C=O) groups excluding carboxylic acids is 2. The molecular formula is C19H12Cl2FNO2. The summed E-state index contributed by atoms with van der Waals surface area (Å²) in [5.41, 5.74) is 0.820. The Bertz CT molecular complexity index is 880. The molecule has 2 aromatic rings. The van der Waals surface area contributed by atoms with E-state index >= 15 is 0 Å². The van der Waals surface area contributed by atoms with Crippen molar-refractivity contribution in [3.8, 4) is 23.6 Å². The van der Waals surface area contributed by atoms with Crippen LogP contribution in [0.4, 0.5) is 4.39 Å². The van der Waals surface area contributed by atoms with Gasteiger partial charge in [0.1, 0.15) is 17.5 Å². The zero-order valence-electron chi connectivity index (χ0n) is 12.9. The molecule has 1 saturated carbocycles. The van der Waals surface area contributed by atoms with E-state index in [1.165, 1.54) is 18.3 Å². The van der Waals surface area contributed by atoms with Gasteiger partial charge in [-0.15, -0.1) is 12.3 Å². The van der Waals surface area contributed by atoms with Crippen LogP contribution in [0.25, 0.3) is 11.3 Å². The van der Waals surface area contributed by atoms with Crippen LogP contribution >= 0.6 is 23.2 Å². The number of pyridine rings is 1. The van der Waals surface area contributed by atoms with Crippen molar-refractivity contribution in [3.05, 3.63) is 51.9 Å². The van der Waals surface area contributed by atoms with Gasteiger partial charge in [-0.2, -0.15) is 0 Å². The summed E-state index contributed by atoms with van der Waals surface area (Å²) in [7, 11) is 0. The van der Waals surface area contributed by atoms with Crippen LogP contribution in [-0.2, 0) is 9.59 Å². The van der Waals surface area contributed by atoms with Gasteiger partial charge in [-0.3, -0.25) is 14.6 Å². The van der Waals surface area contributed by atoms with E-state index in [0.717, 1.165) is 0 Å². The lowest BCUT2D eigenvalue weighted by Crippen LogP contribution is -2.17. The van der Waals surface area contributed by atoms with Crippen LogP contribution in [0, 0.1) is 24.1 Å². The molecule has 1 aliphatic carbocycles. The summed E-state index contributed by atoms with van der Waals surface area (Å²) in [5.74, 6) is -0.839. The average Bonchev–Trinajstić information content (AvgIpc) is 2.83.